The van der Waals surface area contributed by atoms with Gasteiger partial charge in [0, 0.05) is 32.0 Å². The molecule has 0 unspecified atom stereocenters. The van der Waals surface area contributed by atoms with Crippen LogP contribution < -0.4 is 10.9 Å². The maximum Gasteiger partial charge on any atom is 0.443 e. The van der Waals surface area contributed by atoms with Crippen molar-refractivity contribution in [3.63, 3.8) is 0 Å². The summed E-state index contributed by atoms with van der Waals surface area (Å²) in [5.41, 5.74) is -0.813. The Hall–Kier alpha value is -1.63. The largest absolute Gasteiger partial charge is 0.519 e. The van der Waals surface area contributed by atoms with Gasteiger partial charge in [-0.3, -0.25) is 15.7 Å². The number of carbonyl (C=O) groups is 1. The Morgan fingerprint density at radius 1 is 1.38 bits per heavy atom. The van der Waals surface area contributed by atoms with E-state index >= 15 is 0 Å². The van der Waals surface area contributed by atoms with Crippen molar-refractivity contribution in [2.24, 2.45) is 0 Å². The molecule has 2 aromatic heterocycles. The van der Waals surface area contributed by atoms with Crippen molar-refractivity contribution in [1.82, 2.24) is 15.3 Å². The minimum Gasteiger partial charge on any atom is -0.519 e. The van der Waals surface area contributed by atoms with E-state index in [1.54, 1.807) is 0 Å². The third-order valence-electron chi connectivity index (χ3n) is 2.72. The molecular weight excluding hydrogens is 408 g/mol. The molecule has 1 radical (unpaired) electrons. The summed E-state index contributed by atoms with van der Waals surface area (Å²) < 4.78 is 37.6. The number of halogens is 3. The number of thiazole rings is 1. The first-order chi connectivity index (χ1) is 10.7. The second-order valence-electron chi connectivity index (χ2n) is 4.41. The summed E-state index contributed by atoms with van der Waals surface area (Å²) in [7, 11) is 0. The van der Waals surface area contributed by atoms with Crippen LogP contribution in [0.25, 0.3) is 10.6 Å². The van der Waals surface area contributed by atoms with Crippen molar-refractivity contribution in [1.29, 1.82) is 0 Å². The number of nitrogens with zero attached hydrogens (tertiary/aromatic N) is 1. The topological polar surface area (TPSA) is 138 Å². The molecule has 0 aliphatic heterocycles. The second kappa shape index (κ2) is 10.5. The molecule has 7 nitrogen and oxygen atoms in total. The number of aromatic nitrogens is 2. The van der Waals surface area contributed by atoms with Gasteiger partial charge in [0.25, 0.3) is 11.5 Å². The smallest absolute Gasteiger partial charge is 0.443 e. The Morgan fingerprint density at radius 2 is 2.00 bits per heavy atom. The zero-order chi connectivity index (χ0) is 17.2. The number of pyridine rings is 1. The quantitative estimate of drug-likeness (QED) is 0.705. The van der Waals surface area contributed by atoms with Crippen molar-refractivity contribution in [2.45, 2.75) is 12.2 Å². The van der Waals surface area contributed by atoms with Crippen LogP contribution in [0.4, 0.5) is 13.2 Å². The van der Waals surface area contributed by atoms with Crippen molar-refractivity contribution < 1.29 is 54.8 Å². The van der Waals surface area contributed by atoms with Gasteiger partial charge < -0.3 is 34.8 Å². The van der Waals surface area contributed by atoms with Crippen LogP contribution in [0.1, 0.15) is 15.4 Å². The third-order valence-corrected chi connectivity index (χ3v) is 3.79. The summed E-state index contributed by atoms with van der Waals surface area (Å²) >= 11 is 0.392. The van der Waals surface area contributed by atoms with E-state index in [0.29, 0.717) is 11.3 Å². The summed E-state index contributed by atoms with van der Waals surface area (Å²) in [6.45, 7) is 8.69. The summed E-state index contributed by atoms with van der Waals surface area (Å²) in [4.78, 5) is 29.5. The standard InChI is InChI=1S/C14H10F3N3O2S.2H2O.Sc/c1-3-7(2)19-11(21)8-4-5-9(20-12(8)22)10-6-18-13(23-10)14(15,16)17;;;/h1,3-7H,2H2,(H,19,21)(H,20,22);2*1H2;/q-2;;;/t7-;;;/m0.../s1. The van der Waals surface area contributed by atoms with Gasteiger partial charge in [-0.05, 0) is 12.1 Å². The average molecular weight is 422 g/mol. The van der Waals surface area contributed by atoms with Crippen LogP contribution in [0.5, 0.6) is 0 Å². The molecule has 0 spiro atoms. The number of nitrogens with one attached hydrogen (secondary N) is 2. The number of rotatable bonds is 4. The number of H-pyrrole nitrogens is 1. The molecule has 6 N–H and O–H groups in total. The molecule has 12 heteroatoms. The molecule has 0 aliphatic carbocycles. The van der Waals surface area contributed by atoms with Crippen LogP contribution in [0.3, 0.4) is 0 Å². The fourth-order valence-electron chi connectivity index (χ4n) is 1.62. The van der Waals surface area contributed by atoms with E-state index in [9.17, 15) is 22.8 Å². The molecule has 0 bridgehead atoms. The van der Waals surface area contributed by atoms with Gasteiger partial charge in [0.2, 0.25) is 0 Å². The summed E-state index contributed by atoms with van der Waals surface area (Å²) in [5.74, 6) is -0.695. The van der Waals surface area contributed by atoms with E-state index in [-0.39, 0.29) is 52.9 Å². The normalized spacial score (nSPS) is 11.2. The van der Waals surface area contributed by atoms with E-state index in [1.165, 1.54) is 12.1 Å². The molecule has 1 atom stereocenters. The molecule has 1 amide bonds. The van der Waals surface area contributed by atoms with Crippen LogP contribution in [-0.4, -0.2) is 32.9 Å². The van der Waals surface area contributed by atoms with E-state index in [2.05, 4.69) is 22.2 Å². The van der Waals surface area contributed by atoms with Gasteiger partial charge in [-0.25, -0.2) is 4.98 Å². The van der Waals surface area contributed by atoms with E-state index in [4.69, 9.17) is 6.58 Å². The first-order valence-electron chi connectivity index (χ1n) is 6.18. The van der Waals surface area contributed by atoms with Crippen LogP contribution in [0.15, 0.2) is 29.2 Å². The van der Waals surface area contributed by atoms with Gasteiger partial charge in [-0.15, -0.1) is 17.4 Å². The van der Waals surface area contributed by atoms with Crippen LogP contribution >= 0.6 is 11.3 Å². The predicted octanol–water partition coefficient (Wildman–Crippen LogP) is 0.787. The minimum atomic E-state index is -4.55. The molecule has 0 saturated carbocycles. The first kappa shape index (κ1) is 26.6. The second-order valence-corrected chi connectivity index (χ2v) is 5.45. The molecular formula is C14H14F3N3O4SSc-2. The monoisotopic (exact) mass is 422 g/mol. The molecule has 0 fully saturated rings. The van der Waals surface area contributed by atoms with Crippen LogP contribution in [0, 0.1) is 13.5 Å². The van der Waals surface area contributed by atoms with Crippen LogP contribution in [0.2, 0.25) is 0 Å². The van der Waals surface area contributed by atoms with Gasteiger partial charge in [0.1, 0.15) is 5.56 Å². The number of hydrogen-bond donors (Lipinski definition) is 2. The SMILES string of the molecule is O.O.[CH-]=C[C@H]([CH2-])NC(=O)c1ccc(-c2cnc(C(F)(F)F)s2)[nH]c1=O.[Sc]. The molecule has 2 rings (SSSR count). The Labute approximate surface area is 168 Å². The minimum absolute atomic E-state index is 0. The zero-order valence-corrected chi connectivity index (χ0v) is 15.7. The van der Waals surface area contributed by atoms with E-state index < -0.39 is 28.7 Å². The molecule has 26 heavy (non-hydrogen) atoms. The summed E-state index contributed by atoms with van der Waals surface area (Å²) in [5, 5.41) is 1.34. The average Bonchev–Trinajstić information content (AvgIpc) is 2.96. The fourth-order valence-corrected chi connectivity index (χ4v) is 2.38. The predicted molar refractivity (Wildman–Crippen MR) is 85.9 cm³/mol. The number of aromatic amines is 1. The Morgan fingerprint density at radius 3 is 2.46 bits per heavy atom. The molecule has 0 aromatic carbocycles. The van der Waals surface area contributed by atoms with Gasteiger partial charge in [0.15, 0.2) is 5.01 Å². The zero-order valence-electron chi connectivity index (χ0n) is 13.1. The molecule has 0 aliphatic rings. The van der Waals surface area contributed by atoms with E-state index in [0.717, 1.165) is 12.3 Å². The Balaban J connectivity index is 0. The molecule has 2 heterocycles. The number of amides is 1. The fraction of sp³-hybridized carbons (Fsp3) is 0.143. The van der Waals surface area contributed by atoms with Crippen molar-refractivity contribution >= 4 is 17.2 Å². The number of hydrogen-bond acceptors (Lipinski definition) is 4. The van der Waals surface area contributed by atoms with Crippen molar-refractivity contribution in [3.8, 4) is 10.6 Å². The van der Waals surface area contributed by atoms with Crippen molar-refractivity contribution in [2.75, 3.05) is 0 Å². The Kier molecular flexibility index (Phi) is 10.7. The first-order valence-corrected chi connectivity index (χ1v) is 6.99. The Bertz CT molecular complexity index is 807. The molecule has 2 aromatic rings. The number of alkyl halides is 3. The van der Waals surface area contributed by atoms with E-state index in [1.807, 2.05) is 0 Å². The van der Waals surface area contributed by atoms with Gasteiger partial charge in [0.05, 0.1) is 10.6 Å². The van der Waals surface area contributed by atoms with Gasteiger partial charge in [-0.2, -0.15) is 13.2 Å². The molecule has 141 valence electrons. The number of carbonyl (C=O) groups excluding carboxylic acids is 1. The summed E-state index contributed by atoms with van der Waals surface area (Å²) in [6, 6.07) is 1.85. The van der Waals surface area contributed by atoms with Crippen molar-refractivity contribution in [3.05, 3.63) is 58.8 Å². The van der Waals surface area contributed by atoms with Gasteiger partial charge in [-0.1, -0.05) is 0 Å². The maximum absolute atomic E-state index is 12.5. The summed E-state index contributed by atoms with van der Waals surface area (Å²) in [6.07, 6.45) is -2.41. The van der Waals surface area contributed by atoms with Gasteiger partial charge >= 0.3 is 6.18 Å². The third kappa shape index (κ3) is 6.27. The molecule has 0 saturated heterocycles. The maximum atomic E-state index is 12.5. The van der Waals surface area contributed by atoms with Crippen LogP contribution in [-0.2, 0) is 32.0 Å².